The third kappa shape index (κ3) is 13.7. The summed E-state index contributed by atoms with van der Waals surface area (Å²) in [5, 5.41) is 16.0. The second kappa shape index (κ2) is 10.7. The third-order valence-corrected chi connectivity index (χ3v) is 0.630. The number of carboxylic acids is 2. The van der Waals surface area contributed by atoms with Gasteiger partial charge in [-0.2, -0.15) is 0 Å². The van der Waals surface area contributed by atoms with Crippen LogP contribution in [0.2, 0.25) is 0 Å². The standard InChI is InChI=1S/C4H7NO5.3H3N/c5-3(4(8)9)10-1-2(6)7;;;/h3H,1,5H2,(H,6,7)(H,8,9);3*1H3. The van der Waals surface area contributed by atoms with Gasteiger partial charge in [-0.1, -0.05) is 0 Å². The summed E-state index contributed by atoms with van der Waals surface area (Å²) in [6.45, 7) is -0.701. The van der Waals surface area contributed by atoms with E-state index in [0.717, 1.165) is 0 Å². The van der Waals surface area contributed by atoms with Crippen molar-refractivity contribution in [3.63, 3.8) is 0 Å². The molecule has 0 saturated heterocycles. The van der Waals surface area contributed by atoms with Crippen LogP contribution in [-0.4, -0.2) is 35.0 Å². The van der Waals surface area contributed by atoms with Crippen LogP contribution in [0.3, 0.4) is 0 Å². The van der Waals surface area contributed by atoms with Crippen molar-refractivity contribution in [1.29, 1.82) is 0 Å². The van der Waals surface area contributed by atoms with Crippen molar-refractivity contribution in [1.82, 2.24) is 18.5 Å². The zero-order chi connectivity index (χ0) is 8.15. The molecule has 0 saturated carbocycles. The fourth-order valence-corrected chi connectivity index (χ4v) is 0.232. The van der Waals surface area contributed by atoms with Gasteiger partial charge in [0.1, 0.15) is 6.61 Å². The first-order valence-electron chi connectivity index (χ1n) is 2.36. The van der Waals surface area contributed by atoms with Gasteiger partial charge in [0.15, 0.2) is 0 Å². The Balaban J connectivity index is -0.000000135. The molecule has 0 bridgehead atoms. The average molecular weight is 200 g/mol. The highest BCUT2D eigenvalue weighted by Gasteiger charge is 2.12. The lowest BCUT2D eigenvalue weighted by Crippen LogP contribution is -2.34. The molecule has 0 aliphatic carbocycles. The van der Waals surface area contributed by atoms with E-state index in [1.807, 2.05) is 0 Å². The smallest absolute Gasteiger partial charge is 0.347 e. The molecule has 82 valence electrons. The van der Waals surface area contributed by atoms with Crippen LogP contribution in [0.5, 0.6) is 0 Å². The first kappa shape index (κ1) is 22.6. The maximum Gasteiger partial charge on any atom is 0.347 e. The van der Waals surface area contributed by atoms with Crippen LogP contribution in [0.1, 0.15) is 0 Å². The van der Waals surface area contributed by atoms with E-state index in [0.29, 0.717) is 0 Å². The van der Waals surface area contributed by atoms with Gasteiger partial charge < -0.3 is 33.4 Å². The SMILES string of the molecule is N.N.N.NC(OCC(=O)O)C(=O)O. The Morgan fingerprint density at radius 1 is 1.23 bits per heavy atom. The first-order valence-corrected chi connectivity index (χ1v) is 2.36. The minimum absolute atomic E-state index is 0. The summed E-state index contributed by atoms with van der Waals surface area (Å²) in [4.78, 5) is 19.6. The van der Waals surface area contributed by atoms with Gasteiger partial charge in [-0.3, -0.25) is 5.73 Å². The minimum Gasteiger partial charge on any atom is -0.480 e. The van der Waals surface area contributed by atoms with Crippen LogP contribution in [0.15, 0.2) is 0 Å². The predicted molar refractivity (Wildman–Crippen MR) is 44.3 cm³/mol. The molecule has 9 nitrogen and oxygen atoms in total. The summed E-state index contributed by atoms with van der Waals surface area (Å²) in [5.41, 5.74) is 4.78. The molecule has 13 heavy (non-hydrogen) atoms. The highest BCUT2D eigenvalue weighted by atomic mass is 16.5. The monoisotopic (exact) mass is 200 g/mol. The third-order valence-electron chi connectivity index (χ3n) is 0.630. The van der Waals surface area contributed by atoms with E-state index in [4.69, 9.17) is 15.9 Å². The lowest BCUT2D eigenvalue weighted by molar-refractivity contribution is -0.155. The minimum atomic E-state index is -1.56. The van der Waals surface area contributed by atoms with Crippen LogP contribution in [-0.2, 0) is 14.3 Å². The molecule has 1 unspecified atom stereocenters. The topological polar surface area (TPSA) is 215 Å². The summed E-state index contributed by atoms with van der Waals surface area (Å²) in [6, 6.07) is 0. The summed E-state index contributed by atoms with van der Waals surface area (Å²) in [5.74, 6) is -2.64. The van der Waals surface area contributed by atoms with Crippen LogP contribution in [0.25, 0.3) is 0 Å². The summed E-state index contributed by atoms with van der Waals surface area (Å²) < 4.78 is 4.14. The molecular weight excluding hydrogens is 184 g/mol. The Morgan fingerprint density at radius 2 is 1.62 bits per heavy atom. The van der Waals surface area contributed by atoms with Crippen LogP contribution in [0.4, 0.5) is 0 Å². The van der Waals surface area contributed by atoms with E-state index >= 15 is 0 Å². The summed E-state index contributed by atoms with van der Waals surface area (Å²) in [7, 11) is 0. The number of ether oxygens (including phenoxy) is 1. The van der Waals surface area contributed by atoms with Crippen LogP contribution >= 0.6 is 0 Å². The maximum atomic E-state index is 9.87. The van der Waals surface area contributed by atoms with Crippen molar-refractivity contribution in [2.24, 2.45) is 5.73 Å². The predicted octanol–water partition coefficient (Wildman–Crippen LogP) is -1.06. The molecule has 0 fully saturated rings. The van der Waals surface area contributed by atoms with Gasteiger partial charge in [0.2, 0.25) is 6.23 Å². The van der Waals surface area contributed by atoms with Crippen molar-refractivity contribution >= 4 is 11.9 Å². The molecule has 0 rings (SSSR count). The molecule has 0 aliphatic rings. The van der Waals surface area contributed by atoms with Gasteiger partial charge in [-0.15, -0.1) is 0 Å². The Labute approximate surface area is 74.6 Å². The zero-order valence-electron chi connectivity index (χ0n) is 7.10. The summed E-state index contributed by atoms with van der Waals surface area (Å²) in [6.07, 6.45) is -1.56. The Hall–Kier alpha value is -1.26. The second-order valence-corrected chi connectivity index (χ2v) is 1.46. The van der Waals surface area contributed by atoms with E-state index < -0.39 is 24.8 Å². The molecule has 0 aromatic carbocycles. The molecule has 0 aromatic heterocycles. The maximum absolute atomic E-state index is 9.87. The van der Waals surface area contributed by atoms with Gasteiger partial charge in [0.25, 0.3) is 0 Å². The van der Waals surface area contributed by atoms with Crippen LogP contribution in [0, 0.1) is 0 Å². The Morgan fingerprint density at radius 3 is 1.85 bits per heavy atom. The van der Waals surface area contributed by atoms with E-state index in [9.17, 15) is 9.59 Å². The fourth-order valence-electron chi connectivity index (χ4n) is 0.232. The van der Waals surface area contributed by atoms with Crippen molar-refractivity contribution in [2.45, 2.75) is 6.23 Å². The molecule has 0 amide bonds. The molecule has 1 atom stereocenters. The second-order valence-electron chi connectivity index (χ2n) is 1.46. The molecule has 0 aromatic rings. The number of hydrogen-bond acceptors (Lipinski definition) is 7. The Kier molecular flexibility index (Phi) is 18.7. The molecule has 0 heterocycles. The largest absolute Gasteiger partial charge is 0.480 e. The molecule has 13 N–H and O–H groups in total. The van der Waals surface area contributed by atoms with Crippen molar-refractivity contribution in [3.05, 3.63) is 0 Å². The average Bonchev–Trinajstić information content (AvgIpc) is 1.82. The number of nitrogens with two attached hydrogens (primary N) is 1. The molecular formula is C4H16N4O5. The van der Waals surface area contributed by atoms with E-state index in [1.165, 1.54) is 0 Å². The lowest BCUT2D eigenvalue weighted by atomic mass is 10.6. The van der Waals surface area contributed by atoms with Gasteiger partial charge >= 0.3 is 11.9 Å². The van der Waals surface area contributed by atoms with Crippen molar-refractivity contribution in [2.75, 3.05) is 6.61 Å². The number of carbonyl (C=O) groups is 2. The van der Waals surface area contributed by atoms with Crippen molar-refractivity contribution in [3.8, 4) is 0 Å². The highest BCUT2D eigenvalue weighted by molar-refractivity contribution is 5.72. The zero-order valence-corrected chi connectivity index (χ0v) is 7.10. The highest BCUT2D eigenvalue weighted by Crippen LogP contribution is 1.81. The molecule has 9 heteroatoms. The van der Waals surface area contributed by atoms with E-state index in [2.05, 4.69) is 4.74 Å². The lowest BCUT2D eigenvalue weighted by Gasteiger charge is -2.03. The van der Waals surface area contributed by atoms with Gasteiger partial charge in [-0.05, 0) is 0 Å². The number of rotatable bonds is 4. The van der Waals surface area contributed by atoms with Gasteiger partial charge in [0, 0.05) is 0 Å². The van der Waals surface area contributed by atoms with Crippen molar-refractivity contribution < 1.29 is 24.5 Å². The summed E-state index contributed by atoms with van der Waals surface area (Å²) >= 11 is 0. The Bertz CT molecular complexity index is 151. The number of carboxylic acid groups (broad SMARTS) is 2. The molecule has 0 spiro atoms. The quantitative estimate of drug-likeness (QED) is 0.304. The fraction of sp³-hybridized carbons (Fsp3) is 0.500. The molecule has 0 aliphatic heterocycles. The van der Waals surface area contributed by atoms with E-state index in [1.54, 1.807) is 0 Å². The normalized spacial score (nSPS) is 9.62. The number of hydrogen-bond donors (Lipinski definition) is 6. The van der Waals surface area contributed by atoms with Crippen LogP contribution < -0.4 is 24.2 Å². The van der Waals surface area contributed by atoms with E-state index in [-0.39, 0.29) is 18.5 Å². The molecule has 0 radical (unpaired) electrons. The van der Waals surface area contributed by atoms with Gasteiger partial charge in [0.05, 0.1) is 0 Å². The van der Waals surface area contributed by atoms with Gasteiger partial charge in [-0.25, -0.2) is 9.59 Å². The first-order chi connectivity index (χ1) is 4.54. The number of aliphatic carboxylic acids is 2.